The van der Waals surface area contributed by atoms with Gasteiger partial charge in [-0.05, 0) is 60.5 Å². The van der Waals surface area contributed by atoms with Crippen LogP contribution in [0.5, 0.6) is 0 Å². The van der Waals surface area contributed by atoms with Gasteiger partial charge in [0.1, 0.15) is 0 Å². The first-order chi connectivity index (χ1) is 13.3. The number of amides is 1. The topological polar surface area (TPSA) is 78.5 Å². The molecule has 0 saturated heterocycles. The molecule has 0 fully saturated rings. The van der Waals surface area contributed by atoms with E-state index in [1.807, 2.05) is 38.1 Å². The number of para-hydroxylation sites is 1. The Morgan fingerprint density at radius 2 is 1.82 bits per heavy atom. The maximum atomic E-state index is 13.0. The number of sulfonamides is 1. The Balaban J connectivity index is 1.69. The summed E-state index contributed by atoms with van der Waals surface area (Å²) >= 11 is 5.13. The van der Waals surface area contributed by atoms with Crippen LogP contribution in [0.4, 0.5) is 11.4 Å². The first-order valence-corrected chi connectivity index (χ1v) is 10.9. The second-order valence-corrected chi connectivity index (χ2v) is 9.35. The van der Waals surface area contributed by atoms with Crippen molar-refractivity contribution in [2.24, 2.45) is 5.92 Å². The number of fused-ring (bicyclic) bond motifs is 1. The summed E-state index contributed by atoms with van der Waals surface area (Å²) in [4.78, 5) is 12.0. The lowest BCUT2D eigenvalue weighted by atomic mass is 10.1. The van der Waals surface area contributed by atoms with E-state index in [1.165, 1.54) is 16.4 Å². The van der Waals surface area contributed by atoms with Crippen molar-refractivity contribution in [2.45, 2.75) is 31.6 Å². The molecule has 2 N–H and O–H groups in total. The van der Waals surface area contributed by atoms with E-state index in [9.17, 15) is 13.2 Å². The Morgan fingerprint density at radius 3 is 2.50 bits per heavy atom. The fraction of sp³-hybridized carbons (Fsp3) is 0.300. The van der Waals surface area contributed by atoms with Crippen LogP contribution in [-0.2, 0) is 21.2 Å². The molecule has 0 aliphatic carbocycles. The molecule has 1 aliphatic rings. The van der Waals surface area contributed by atoms with Crippen LogP contribution in [0, 0.1) is 5.92 Å². The monoisotopic (exact) mass is 417 g/mol. The molecule has 0 spiro atoms. The highest BCUT2D eigenvalue weighted by molar-refractivity contribution is 7.92. The predicted octanol–water partition coefficient (Wildman–Crippen LogP) is 3.30. The number of nitrogens with one attached hydrogen (secondary N) is 2. The third-order valence-corrected chi connectivity index (χ3v) is 6.42. The number of carbonyl (C=O) groups excluding carboxylic acids is 1. The number of hydrogen-bond donors (Lipinski definition) is 2. The zero-order valence-electron chi connectivity index (χ0n) is 15.8. The van der Waals surface area contributed by atoms with Gasteiger partial charge < -0.3 is 10.6 Å². The second-order valence-electron chi connectivity index (χ2n) is 7.08. The van der Waals surface area contributed by atoms with Crippen LogP contribution >= 0.6 is 12.2 Å². The van der Waals surface area contributed by atoms with E-state index in [0.29, 0.717) is 25.1 Å². The summed E-state index contributed by atoms with van der Waals surface area (Å²) in [6.07, 6.45) is 1.09. The number of rotatable bonds is 5. The molecule has 148 valence electrons. The fourth-order valence-corrected chi connectivity index (χ4v) is 4.84. The molecule has 0 bridgehead atoms. The lowest BCUT2D eigenvalue weighted by Gasteiger charge is -2.19. The van der Waals surface area contributed by atoms with Crippen molar-refractivity contribution in [1.82, 2.24) is 5.32 Å². The van der Waals surface area contributed by atoms with Crippen LogP contribution in [0.15, 0.2) is 53.4 Å². The number of thiocarbonyl (C=S) groups is 1. The van der Waals surface area contributed by atoms with Gasteiger partial charge in [-0.2, -0.15) is 0 Å². The minimum Gasteiger partial charge on any atom is -0.332 e. The molecule has 8 heteroatoms. The summed E-state index contributed by atoms with van der Waals surface area (Å²) in [5, 5.41) is 5.71. The minimum atomic E-state index is -3.63. The van der Waals surface area contributed by atoms with Crippen LogP contribution in [0.25, 0.3) is 0 Å². The molecule has 1 aliphatic heterocycles. The third-order valence-electron chi connectivity index (χ3n) is 4.39. The average Bonchev–Trinajstić information content (AvgIpc) is 3.06. The molecule has 1 amide bonds. The number of hydrogen-bond acceptors (Lipinski definition) is 4. The van der Waals surface area contributed by atoms with Crippen molar-refractivity contribution in [3.05, 3.63) is 54.1 Å². The molecule has 0 aromatic heterocycles. The van der Waals surface area contributed by atoms with Gasteiger partial charge in [-0.1, -0.05) is 32.0 Å². The summed E-state index contributed by atoms with van der Waals surface area (Å²) < 4.78 is 27.4. The second kappa shape index (κ2) is 8.28. The number of benzene rings is 2. The van der Waals surface area contributed by atoms with Crippen LogP contribution < -0.4 is 14.9 Å². The summed E-state index contributed by atoms with van der Waals surface area (Å²) in [7, 11) is -3.63. The van der Waals surface area contributed by atoms with Crippen molar-refractivity contribution < 1.29 is 13.2 Å². The van der Waals surface area contributed by atoms with Gasteiger partial charge in [0, 0.05) is 18.7 Å². The van der Waals surface area contributed by atoms with Crippen molar-refractivity contribution >= 4 is 44.6 Å². The quantitative estimate of drug-likeness (QED) is 0.730. The molecule has 0 radical (unpaired) electrons. The predicted molar refractivity (Wildman–Crippen MR) is 115 cm³/mol. The average molecular weight is 418 g/mol. The van der Waals surface area contributed by atoms with Crippen molar-refractivity contribution in [1.29, 1.82) is 0 Å². The van der Waals surface area contributed by atoms with Gasteiger partial charge >= 0.3 is 0 Å². The van der Waals surface area contributed by atoms with Gasteiger partial charge in [0.2, 0.25) is 5.91 Å². The Labute approximate surface area is 171 Å². The Bertz CT molecular complexity index is 986. The van der Waals surface area contributed by atoms with Crippen LogP contribution in [0.2, 0.25) is 0 Å². The van der Waals surface area contributed by atoms with Gasteiger partial charge in [-0.3, -0.25) is 9.10 Å². The Morgan fingerprint density at radius 1 is 1.14 bits per heavy atom. The lowest BCUT2D eigenvalue weighted by Crippen LogP contribution is -2.34. The zero-order valence-corrected chi connectivity index (χ0v) is 17.4. The van der Waals surface area contributed by atoms with E-state index >= 15 is 0 Å². The molecule has 28 heavy (non-hydrogen) atoms. The summed E-state index contributed by atoms with van der Waals surface area (Å²) in [5.74, 6) is 0.0856. The maximum Gasteiger partial charge on any atom is 0.264 e. The van der Waals surface area contributed by atoms with Gasteiger partial charge in [-0.15, -0.1) is 0 Å². The molecule has 0 atom stereocenters. The fourth-order valence-electron chi connectivity index (χ4n) is 3.11. The highest BCUT2D eigenvalue weighted by Crippen LogP contribution is 2.32. The first kappa shape index (κ1) is 20.3. The van der Waals surface area contributed by atoms with Crippen LogP contribution in [0.1, 0.15) is 25.8 Å². The molecule has 0 saturated carbocycles. The molecular formula is C20H23N3O3S2. The number of nitrogens with zero attached hydrogens (tertiary/aromatic N) is 1. The highest BCUT2D eigenvalue weighted by Gasteiger charge is 2.30. The maximum absolute atomic E-state index is 13.0. The van der Waals surface area contributed by atoms with Gasteiger partial charge in [-0.25, -0.2) is 8.42 Å². The summed E-state index contributed by atoms with van der Waals surface area (Å²) in [6.45, 7) is 4.34. The van der Waals surface area contributed by atoms with E-state index in [2.05, 4.69) is 10.6 Å². The highest BCUT2D eigenvalue weighted by atomic mass is 32.2. The SMILES string of the molecule is CC(C)CC(=O)NC(=S)Nc1ccc(S(=O)(=O)N2CCc3ccccc32)cc1. The molecule has 2 aromatic rings. The normalized spacial score (nSPS) is 13.3. The van der Waals surface area contributed by atoms with Gasteiger partial charge in [0.15, 0.2) is 5.11 Å². The van der Waals surface area contributed by atoms with E-state index in [4.69, 9.17) is 12.2 Å². The molecule has 6 nitrogen and oxygen atoms in total. The van der Waals surface area contributed by atoms with E-state index in [0.717, 1.165) is 11.3 Å². The molecule has 0 unspecified atom stereocenters. The van der Waals surface area contributed by atoms with E-state index in [-0.39, 0.29) is 21.8 Å². The van der Waals surface area contributed by atoms with Gasteiger partial charge in [0.25, 0.3) is 10.0 Å². The molecular weight excluding hydrogens is 394 g/mol. The van der Waals surface area contributed by atoms with Crippen LogP contribution in [-0.4, -0.2) is 26.0 Å². The van der Waals surface area contributed by atoms with Crippen molar-refractivity contribution in [3.63, 3.8) is 0 Å². The summed E-state index contributed by atoms with van der Waals surface area (Å²) in [5.41, 5.74) is 2.38. The molecule has 3 rings (SSSR count). The van der Waals surface area contributed by atoms with Gasteiger partial charge in [0.05, 0.1) is 10.6 Å². The van der Waals surface area contributed by atoms with Crippen molar-refractivity contribution in [2.75, 3.05) is 16.2 Å². The van der Waals surface area contributed by atoms with E-state index in [1.54, 1.807) is 12.1 Å². The Hall–Kier alpha value is -2.45. The minimum absolute atomic E-state index is 0.153. The zero-order chi connectivity index (χ0) is 20.3. The lowest BCUT2D eigenvalue weighted by molar-refractivity contribution is -0.120. The smallest absolute Gasteiger partial charge is 0.264 e. The van der Waals surface area contributed by atoms with Crippen molar-refractivity contribution in [3.8, 4) is 0 Å². The molecule has 2 aromatic carbocycles. The largest absolute Gasteiger partial charge is 0.332 e. The summed E-state index contributed by atoms with van der Waals surface area (Å²) in [6, 6.07) is 13.9. The van der Waals surface area contributed by atoms with Crippen LogP contribution in [0.3, 0.4) is 0 Å². The standard InChI is InChI=1S/C20H23N3O3S2/c1-14(2)13-19(24)22-20(27)21-16-7-9-17(10-8-16)28(25,26)23-12-11-15-5-3-4-6-18(15)23/h3-10,14H,11-13H2,1-2H3,(H2,21,22,24,27). The third kappa shape index (κ3) is 4.51. The molecule has 1 heterocycles. The number of carbonyl (C=O) groups is 1. The number of anilines is 2. The Kier molecular flexibility index (Phi) is 6.00. The van der Waals surface area contributed by atoms with E-state index < -0.39 is 10.0 Å². The first-order valence-electron chi connectivity index (χ1n) is 9.09.